The number of benzene rings is 1. The number of nitrogens with one attached hydrogen (secondary N) is 1. The third-order valence-corrected chi connectivity index (χ3v) is 3.75. The van der Waals surface area contributed by atoms with Crippen LogP contribution in [0.15, 0.2) is 18.2 Å². The third kappa shape index (κ3) is 4.96. The Morgan fingerprint density at radius 3 is 2.29 bits per heavy atom. The summed E-state index contributed by atoms with van der Waals surface area (Å²) in [6, 6.07) is 5.35. The Labute approximate surface area is 127 Å². The fourth-order valence-electron chi connectivity index (χ4n) is 2.34. The highest BCUT2D eigenvalue weighted by Crippen LogP contribution is 2.28. The van der Waals surface area contributed by atoms with Gasteiger partial charge in [0.15, 0.2) is 0 Å². The Morgan fingerprint density at radius 1 is 1.19 bits per heavy atom. The van der Waals surface area contributed by atoms with Gasteiger partial charge >= 0.3 is 0 Å². The van der Waals surface area contributed by atoms with E-state index in [2.05, 4.69) is 19.2 Å². The summed E-state index contributed by atoms with van der Waals surface area (Å²) in [7, 11) is 3.11. The summed E-state index contributed by atoms with van der Waals surface area (Å²) in [6.45, 7) is 5.04. The summed E-state index contributed by atoms with van der Waals surface area (Å²) in [4.78, 5) is 12.4. The highest BCUT2D eigenvalue weighted by Gasteiger charge is 2.18. The van der Waals surface area contributed by atoms with E-state index in [1.54, 1.807) is 26.4 Å². The highest BCUT2D eigenvalue weighted by molar-refractivity contribution is 5.99. The van der Waals surface area contributed by atoms with Crippen LogP contribution in [0.1, 0.15) is 49.9 Å². The molecule has 1 amide bonds. The molecular formula is C17H27NO3. The lowest BCUT2D eigenvalue weighted by atomic mass is 9.99. The first-order valence-electron chi connectivity index (χ1n) is 7.67. The van der Waals surface area contributed by atoms with E-state index in [1.807, 2.05) is 6.07 Å². The van der Waals surface area contributed by atoms with Gasteiger partial charge in [-0.3, -0.25) is 4.79 Å². The van der Waals surface area contributed by atoms with Gasteiger partial charge in [-0.15, -0.1) is 0 Å². The molecule has 0 heterocycles. The molecule has 0 aliphatic heterocycles. The molecular weight excluding hydrogens is 266 g/mol. The Balaban J connectivity index is 2.75. The van der Waals surface area contributed by atoms with Crippen molar-refractivity contribution in [3.63, 3.8) is 0 Å². The van der Waals surface area contributed by atoms with Gasteiger partial charge in [0.2, 0.25) is 0 Å². The second kappa shape index (κ2) is 9.27. The van der Waals surface area contributed by atoms with Crippen molar-refractivity contribution in [3.8, 4) is 11.5 Å². The van der Waals surface area contributed by atoms with Crippen LogP contribution in [0.2, 0.25) is 0 Å². The predicted octanol–water partition coefficient (Wildman–Crippen LogP) is 3.65. The second-order valence-electron chi connectivity index (χ2n) is 5.16. The molecule has 0 aromatic heterocycles. The van der Waals surface area contributed by atoms with Crippen LogP contribution in [0.5, 0.6) is 11.5 Å². The van der Waals surface area contributed by atoms with Gasteiger partial charge in [0.05, 0.1) is 14.2 Å². The van der Waals surface area contributed by atoms with Crippen LogP contribution in [0.25, 0.3) is 0 Å². The first kappa shape index (κ1) is 17.3. The average Bonchev–Trinajstić information content (AvgIpc) is 2.53. The van der Waals surface area contributed by atoms with E-state index < -0.39 is 0 Å². The van der Waals surface area contributed by atoms with Crippen LogP contribution in [0.4, 0.5) is 0 Å². The van der Waals surface area contributed by atoms with E-state index in [9.17, 15) is 4.79 Å². The molecule has 1 aromatic carbocycles. The number of ether oxygens (including phenoxy) is 2. The number of rotatable bonds is 9. The minimum absolute atomic E-state index is 0.140. The molecule has 1 atom stereocenters. The van der Waals surface area contributed by atoms with Gasteiger partial charge in [-0.1, -0.05) is 39.2 Å². The summed E-state index contributed by atoms with van der Waals surface area (Å²) < 4.78 is 10.5. The summed E-state index contributed by atoms with van der Waals surface area (Å²) >= 11 is 0. The fraction of sp³-hybridized carbons (Fsp3) is 0.588. The summed E-state index contributed by atoms with van der Waals surface area (Å²) in [6.07, 6.45) is 4.61. The Bertz CT molecular complexity index is 423. The quantitative estimate of drug-likeness (QED) is 0.756. The maximum absolute atomic E-state index is 12.4. The maximum Gasteiger partial charge on any atom is 0.258 e. The van der Waals surface area contributed by atoms with Gasteiger partial charge in [0.1, 0.15) is 17.1 Å². The van der Waals surface area contributed by atoms with Crippen molar-refractivity contribution < 1.29 is 14.3 Å². The van der Waals surface area contributed by atoms with Crippen LogP contribution in [0, 0.1) is 5.92 Å². The van der Waals surface area contributed by atoms with Crippen LogP contribution in [-0.2, 0) is 0 Å². The number of carbonyl (C=O) groups is 1. The fourth-order valence-corrected chi connectivity index (χ4v) is 2.34. The monoisotopic (exact) mass is 293 g/mol. The molecule has 0 aliphatic carbocycles. The predicted molar refractivity (Wildman–Crippen MR) is 85.2 cm³/mol. The standard InChI is InChI=1S/C17H27NO3/c1-5-7-9-13(6-2)12-18-17(19)16-14(20-3)10-8-11-15(16)21-4/h8,10-11,13H,5-7,9,12H2,1-4H3,(H,18,19)/t13-/m1/s1. The molecule has 1 N–H and O–H groups in total. The number of unbranched alkanes of at least 4 members (excludes halogenated alkanes) is 1. The van der Waals surface area contributed by atoms with Crippen LogP contribution in [-0.4, -0.2) is 26.7 Å². The van der Waals surface area contributed by atoms with E-state index in [0.717, 1.165) is 12.8 Å². The zero-order chi connectivity index (χ0) is 15.7. The van der Waals surface area contributed by atoms with Gasteiger partial charge in [0, 0.05) is 6.54 Å². The SMILES string of the molecule is CCCC[C@@H](CC)CNC(=O)c1c(OC)cccc1OC. The Hall–Kier alpha value is -1.71. The van der Waals surface area contributed by atoms with Crippen LogP contribution in [0.3, 0.4) is 0 Å². The van der Waals surface area contributed by atoms with Crippen molar-refractivity contribution in [3.05, 3.63) is 23.8 Å². The first-order valence-corrected chi connectivity index (χ1v) is 7.67. The lowest BCUT2D eigenvalue weighted by molar-refractivity contribution is 0.0939. The van der Waals surface area contributed by atoms with Crippen molar-refractivity contribution in [2.75, 3.05) is 20.8 Å². The van der Waals surface area contributed by atoms with Crippen molar-refractivity contribution in [2.24, 2.45) is 5.92 Å². The topological polar surface area (TPSA) is 47.6 Å². The zero-order valence-corrected chi connectivity index (χ0v) is 13.6. The molecule has 1 rings (SSSR count). The van der Waals surface area contributed by atoms with Crippen molar-refractivity contribution in [1.82, 2.24) is 5.32 Å². The van der Waals surface area contributed by atoms with Crippen LogP contribution < -0.4 is 14.8 Å². The van der Waals surface area contributed by atoms with Gasteiger partial charge in [-0.25, -0.2) is 0 Å². The second-order valence-corrected chi connectivity index (χ2v) is 5.16. The molecule has 0 bridgehead atoms. The minimum atomic E-state index is -0.140. The van der Waals surface area contributed by atoms with E-state index in [1.165, 1.54) is 12.8 Å². The van der Waals surface area contributed by atoms with E-state index in [0.29, 0.717) is 29.5 Å². The van der Waals surface area contributed by atoms with Gasteiger partial charge in [-0.2, -0.15) is 0 Å². The molecule has 118 valence electrons. The van der Waals surface area contributed by atoms with Crippen LogP contribution >= 0.6 is 0 Å². The number of methoxy groups -OCH3 is 2. The molecule has 0 spiro atoms. The molecule has 4 heteroatoms. The van der Waals surface area contributed by atoms with Crippen molar-refractivity contribution >= 4 is 5.91 Å². The molecule has 0 saturated carbocycles. The lowest BCUT2D eigenvalue weighted by Crippen LogP contribution is -2.29. The number of amides is 1. The van der Waals surface area contributed by atoms with Crippen molar-refractivity contribution in [1.29, 1.82) is 0 Å². The Morgan fingerprint density at radius 2 is 1.81 bits per heavy atom. The number of hydrogen-bond donors (Lipinski definition) is 1. The maximum atomic E-state index is 12.4. The Kier molecular flexibility index (Phi) is 7.65. The van der Waals surface area contributed by atoms with Gasteiger partial charge in [-0.05, 0) is 24.5 Å². The average molecular weight is 293 g/mol. The third-order valence-electron chi connectivity index (χ3n) is 3.75. The smallest absolute Gasteiger partial charge is 0.258 e. The van der Waals surface area contributed by atoms with Gasteiger partial charge in [0.25, 0.3) is 5.91 Å². The van der Waals surface area contributed by atoms with Gasteiger partial charge < -0.3 is 14.8 Å². The molecule has 4 nitrogen and oxygen atoms in total. The molecule has 1 aromatic rings. The summed E-state index contributed by atoms with van der Waals surface area (Å²) in [5.41, 5.74) is 0.466. The van der Waals surface area contributed by atoms with E-state index >= 15 is 0 Å². The zero-order valence-electron chi connectivity index (χ0n) is 13.6. The molecule has 0 aliphatic rings. The molecule has 0 unspecified atom stereocenters. The molecule has 21 heavy (non-hydrogen) atoms. The molecule has 0 fully saturated rings. The van der Waals surface area contributed by atoms with Crippen molar-refractivity contribution in [2.45, 2.75) is 39.5 Å². The normalized spacial score (nSPS) is 11.8. The summed E-state index contributed by atoms with van der Waals surface area (Å²) in [5, 5.41) is 3.01. The van der Waals surface area contributed by atoms with E-state index in [-0.39, 0.29) is 5.91 Å². The largest absolute Gasteiger partial charge is 0.496 e. The van der Waals surface area contributed by atoms with E-state index in [4.69, 9.17) is 9.47 Å². The number of carbonyl (C=O) groups excluding carboxylic acids is 1. The molecule has 0 saturated heterocycles. The number of hydrogen-bond acceptors (Lipinski definition) is 3. The lowest BCUT2D eigenvalue weighted by Gasteiger charge is -2.17. The molecule has 0 radical (unpaired) electrons. The minimum Gasteiger partial charge on any atom is -0.496 e. The highest BCUT2D eigenvalue weighted by atomic mass is 16.5. The first-order chi connectivity index (χ1) is 10.2. The summed E-state index contributed by atoms with van der Waals surface area (Å²) in [5.74, 6) is 1.45.